The first-order valence-electron chi connectivity index (χ1n) is 8.96. The Morgan fingerprint density at radius 1 is 1.17 bits per heavy atom. The molecular formula is C20H18FN3O5. The molecule has 1 fully saturated rings. The fourth-order valence-corrected chi connectivity index (χ4v) is 3.30. The number of rotatable bonds is 4. The van der Waals surface area contributed by atoms with Crippen molar-refractivity contribution in [2.24, 2.45) is 0 Å². The van der Waals surface area contributed by atoms with Gasteiger partial charge in [-0.3, -0.25) is 14.5 Å². The van der Waals surface area contributed by atoms with Gasteiger partial charge in [-0.25, -0.2) is 9.18 Å². The Kier molecular flexibility index (Phi) is 4.57. The molecule has 1 saturated heterocycles. The minimum atomic E-state index is -1.36. The number of urea groups is 1. The van der Waals surface area contributed by atoms with Crippen molar-refractivity contribution >= 4 is 23.5 Å². The van der Waals surface area contributed by atoms with E-state index in [1.165, 1.54) is 18.2 Å². The number of imide groups is 1. The summed E-state index contributed by atoms with van der Waals surface area (Å²) >= 11 is 0. The van der Waals surface area contributed by atoms with E-state index in [9.17, 15) is 18.8 Å². The minimum absolute atomic E-state index is 0.233. The summed E-state index contributed by atoms with van der Waals surface area (Å²) in [6.07, 6.45) is 0. The molecular weight excluding hydrogens is 381 g/mol. The van der Waals surface area contributed by atoms with E-state index in [1.807, 2.05) is 0 Å². The van der Waals surface area contributed by atoms with Crippen molar-refractivity contribution in [2.75, 3.05) is 25.1 Å². The first-order chi connectivity index (χ1) is 13.9. The third-order valence-electron chi connectivity index (χ3n) is 4.80. The van der Waals surface area contributed by atoms with Crippen LogP contribution in [0.4, 0.5) is 14.9 Å². The van der Waals surface area contributed by atoms with Gasteiger partial charge in [0.2, 0.25) is 5.91 Å². The largest absolute Gasteiger partial charge is 0.486 e. The maximum absolute atomic E-state index is 13.3. The summed E-state index contributed by atoms with van der Waals surface area (Å²) < 4.78 is 24.3. The van der Waals surface area contributed by atoms with E-state index in [-0.39, 0.29) is 5.69 Å². The van der Waals surface area contributed by atoms with Crippen LogP contribution in [0.25, 0.3) is 0 Å². The second-order valence-corrected chi connectivity index (χ2v) is 6.86. The van der Waals surface area contributed by atoms with Gasteiger partial charge in [-0.05, 0) is 42.8 Å². The zero-order valence-electron chi connectivity index (χ0n) is 15.5. The van der Waals surface area contributed by atoms with Gasteiger partial charge in [-0.1, -0.05) is 12.1 Å². The smallest absolute Gasteiger partial charge is 0.325 e. The number of fused-ring (bicyclic) bond motifs is 1. The van der Waals surface area contributed by atoms with E-state index in [0.29, 0.717) is 30.3 Å². The number of nitrogens with one attached hydrogen (secondary N) is 2. The number of ether oxygens (including phenoxy) is 2. The van der Waals surface area contributed by atoms with E-state index in [1.54, 1.807) is 25.1 Å². The molecule has 2 N–H and O–H groups in total. The molecule has 2 aromatic carbocycles. The molecule has 0 saturated carbocycles. The normalized spacial score (nSPS) is 20.4. The van der Waals surface area contributed by atoms with Crippen molar-refractivity contribution in [1.82, 2.24) is 10.2 Å². The Hall–Kier alpha value is -3.62. The lowest BCUT2D eigenvalue weighted by molar-refractivity contribution is -0.133. The lowest BCUT2D eigenvalue weighted by Gasteiger charge is -2.25. The highest BCUT2D eigenvalue weighted by atomic mass is 19.1. The number of amides is 4. The predicted octanol–water partition coefficient (Wildman–Crippen LogP) is 2.00. The van der Waals surface area contributed by atoms with Crippen LogP contribution < -0.4 is 20.1 Å². The van der Waals surface area contributed by atoms with Crippen molar-refractivity contribution in [2.45, 2.75) is 12.5 Å². The molecule has 29 heavy (non-hydrogen) atoms. The zero-order valence-corrected chi connectivity index (χ0v) is 15.5. The van der Waals surface area contributed by atoms with Gasteiger partial charge in [0.25, 0.3) is 5.91 Å². The number of benzene rings is 2. The van der Waals surface area contributed by atoms with Crippen molar-refractivity contribution in [1.29, 1.82) is 0 Å². The second-order valence-electron chi connectivity index (χ2n) is 6.86. The SMILES string of the molecule is C[C@]1(c2ccc3c(c2)OCCO3)NC(=O)N(CC(=O)Nc2cccc(F)c2)C1=O. The minimum Gasteiger partial charge on any atom is -0.486 e. The van der Waals surface area contributed by atoms with Gasteiger partial charge < -0.3 is 20.1 Å². The Morgan fingerprint density at radius 2 is 1.93 bits per heavy atom. The van der Waals surface area contributed by atoms with E-state index in [4.69, 9.17) is 9.47 Å². The van der Waals surface area contributed by atoms with Crippen molar-refractivity contribution < 1.29 is 28.2 Å². The Balaban J connectivity index is 1.51. The fraction of sp³-hybridized carbons (Fsp3) is 0.250. The first-order valence-corrected chi connectivity index (χ1v) is 8.96. The van der Waals surface area contributed by atoms with E-state index < -0.39 is 35.7 Å². The molecule has 0 bridgehead atoms. The van der Waals surface area contributed by atoms with Gasteiger partial charge in [-0.15, -0.1) is 0 Å². The van der Waals surface area contributed by atoms with Crippen molar-refractivity contribution in [3.05, 3.63) is 53.8 Å². The summed E-state index contributed by atoms with van der Waals surface area (Å²) in [6.45, 7) is 1.89. The van der Waals surface area contributed by atoms with Crippen LogP contribution in [0.1, 0.15) is 12.5 Å². The highest BCUT2D eigenvalue weighted by molar-refractivity contribution is 6.10. The summed E-state index contributed by atoms with van der Waals surface area (Å²) in [4.78, 5) is 38.5. The van der Waals surface area contributed by atoms with Crippen LogP contribution in [0.15, 0.2) is 42.5 Å². The number of nitrogens with zero attached hydrogens (tertiary/aromatic N) is 1. The molecule has 0 aliphatic carbocycles. The summed E-state index contributed by atoms with van der Waals surface area (Å²) in [7, 11) is 0. The molecule has 2 heterocycles. The van der Waals surface area contributed by atoms with Crippen molar-refractivity contribution in [3.63, 3.8) is 0 Å². The first kappa shape index (κ1) is 18.7. The standard InChI is InChI=1S/C20H18FN3O5/c1-20(12-5-6-15-16(9-12)29-8-7-28-15)18(26)24(19(27)23-20)11-17(25)22-14-4-2-3-13(21)10-14/h2-6,9-10H,7-8,11H2,1H3,(H,22,25)(H,23,27)/t20-/m1/s1. The molecule has 0 unspecified atom stereocenters. The molecule has 1 atom stereocenters. The molecule has 4 rings (SSSR count). The molecule has 4 amide bonds. The Bertz CT molecular complexity index is 1010. The molecule has 2 aliphatic rings. The van der Waals surface area contributed by atoms with Gasteiger partial charge in [-0.2, -0.15) is 0 Å². The lowest BCUT2D eigenvalue weighted by atomic mass is 9.91. The van der Waals surface area contributed by atoms with Crippen LogP contribution in [-0.4, -0.2) is 42.5 Å². The molecule has 2 aromatic rings. The third kappa shape index (κ3) is 3.46. The maximum Gasteiger partial charge on any atom is 0.325 e. The Labute approximate surface area is 165 Å². The van der Waals surface area contributed by atoms with E-state index >= 15 is 0 Å². The quantitative estimate of drug-likeness (QED) is 0.767. The van der Waals surface area contributed by atoms with E-state index in [2.05, 4.69) is 10.6 Å². The monoisotopic (exact) mass is 399 g/mol. The number of carbonyl (C=O) groups is 3. The lowest BCUT2D eigenvalue weighted by Crippen LogP contribution is -2.42. The zero-order chi connectivity index (χ0) is 20.6. The van der Waals surface area contributed by atoms with Gasteiger partial charge in [0.15, 0.2) is 11.5 Å². The van der Waals surface area contributed by atoms with Gasteiger partial charge >= 0.3 is 6.03 Å². The van der Waals surface area contributed by atoms with Gasteiger partial charge in [0, 0.05) is 5.69 Å². The van der Waals surface area contributed by atoms with Gasteiger partial charge in [0.1, 0.15) is 31.1 Å². The van der Waals surface area contributed by atoms with Crippen molar-refractivity contribution in [3.8, 4) is 11.5 Å². The van der Waals surface area contributed by atoms with Crippen LogP contribution in [0, 0.1) is 5.82 Å². The summed E-state index contributed by atoms with van der Waals surface area (Å²) in [5, 5.41) is 5.10. The number of halogens is 1. The third-order valence-corrected chi connectivity index (χ3v) is 4.80. The maximum atomic E-state index is 13.3. The van der Waals surface area contributed by atoms with E-state index in [0.717, 1.165) is 11.0 Å². The molecule has 0 spiro atoms. The van der Waals surface area contributed by atoms with Crippen LogP contribution in [0.2, 0.25) is 0 Å². The number of hydrogen-bond donors (Lipinski definition) is 2. The molecule has 0 radical (unpaired) electrons. The number of carbonyl (C=O) groups excluding carboxylic acids is 3. The fourth-order valence-electron chi connectivity index (χ4n) is 3.30. The van der Waals surface area contributed by atoms with Crippen LogP contribution in [0.5, 0.6) is 11.5 Å². The highest BCUT2D eigenvalue weighted by Crippen LogP contribution is 2.36. The second kappa shape index (κ2) is 7.08. The molecule has 150 valence electrons. The molecule has 2 aliphatic heterocycles. The van der Waals surface area contributed by atoms with Crippen LogP contribution in [0.3, 0.4) is 0 Å². The predicted molar refractivity (Wildman–Crippen MR) is 100 cm³/mol. The number of hydrogen-bond acceptors (Lipinski definition) is 5. The topological polar surface area (TPSA) is 97.0 Å². The van der Waals surface area contributed by atoms with Crippen LogP contribution >= 0.6 is 0 Å². The average molecular weight is 399 g/mol. The molecule has 8 nitrogen and oxygen atoms in total. The molecule has 9 heteroatoms. The average Bonchev–Trinajstić information content (AvgIpc) is 2.91. The Morgan fingerprint density at radius 3 is 2.69 bits per heavy atom. The highest BCUT2D eigenvalue weighted by Gasteiger charge is 2.49. The summed E-state index contributed by atoms with van der Waals surface area (Å²) in [5.41, 5.74) is -0.615. The summed E-state index contributed by atoms with van der Waals surface area (Å²) in [6, 6.07) is 9.62. The van der Waals surface area contributed by atoms with Gasteiger partial charge in [0.05, 0.1) is 0 Å². The van der Waals surface area contributed by atoms with Crippen LogP contribution in [-0.2, 0) is 15.1 Å². The molecule has 0 aromatic heterocycles. The summed E-state index contributed by atoms with van der Waals surface area (Å²) in [5.74, 6) is -0.658. The number of anilines is 1.